The van der Waals surface area contributed by atoms with Crippen LogP contribution in [0.2, 0.25) is 0 Å². The zero-order chi connectivity index (χ0) is 16.8. The standard InChI is InChI=1S/C17H18N4OS2/c1-21-12-18-20-17(21)24-15-9-7-13(8-10-15)19-16(22)6-2-4-14-5-3-11-23-14/h3,5,7-12H,2,4,6H2,1H3,(H,19,22). The van der Waals surface area contributed by atoms with Crippen LogP contribution in [0.15, 0.2) is 58.2 Å². The predicted octanol–water partition coefficient (Wildman–Crippen LogP) is 3.99. The molecule has 3 aromatic rings. The van der Waals surface area contributed by atoms with Gasteiger partial charge in [0.1, 0.15) is 6.33 Å². The molecule has 0 spiro atoms. The Kier molecular flexibility index (Phi) is 5.66. The molecule has 0 aliphatic rings. The zero-order valence-corrected chi connectivity index (χ0v) is 14.9. The minimum absolute atomic E-state index is 0.0558. The maximum Gasteiger partial charge on any atom is 0.224 e. The molecule has 124 valence electrons. The van der Waals surface area contributed by atoms with Crippen molar-refractivity contribution in [2.45, 2.75) is 29.3 Å². The second-order valence-corrected chi connectivity index (χ2v) is 7.40. The summed E-state index contributed by atoms with van der Waals surface area (Å²) in [7, 11) is 1.91. The van der Waals surface area contributed by atoms with E-state index >= 15 is 0 Å². The fourth-order valence-corrected chi connectivity index (χ4v) is 3.69. The monoisotopic (exact) mass is 358 g/mol. The predicted molar refractivity (Wildman–Crippen MR) is 97.5 cm³/mol. The summed E-state index contributed by atoms with van der Waals surface area (Å²) in [6.07, 6.45) is 4.03. The van der Waals surface area contributed by atoms with Gasteiger partial charge in [0.15, 0.2) is 5.16 Å². The average molecular weight is 358 g/mol. The molecule has 0 aliphatic carbocycles. The smallest absolute Gasteiger partial charge is 0.224 e. The number of nitrogens with one attached hydrogen (secondary N) is 1. The molecule has 1 amide bonds. The van der Waals surface area contributed by atoms with Crippen LogP contribution in [0.3, 0.4) is 0 Å². The van der Waals surface area contributed by atoms with E-state index < -0.39 is 0 Å². The maximum absolute atomic E-state index is 12.0. The fraction of sp³-hybridized carbons (Fsp3) is 0.235. The first-order chi connectivity index (χ1) is 11.7. The molecule has 2 aromatic heterocycles. The van der Waals surface area contributed by atoms with Crippen LogP contribution < -0.4 is 5.32 Å². The van der Waals surface area contributed by atoms with E-state index in [1.807, 2.05) is 41.9 Å². The molecule has 24 heavy (non-hydrogen) atoms. The van der Waals surface area contributed by atoms with E-state index in [0.29, 0.717) is 6.42 Å². The Balaban J connectivity index is 1.46. The van der Waals surface area contributed by atoms with Crippen molar-refractivity contribution < 1.29 is 4.79 Å². The molecule has 0 saturated carbocycles. The Morgan fingerprint density at radius 1 is 1.29 bits per heavy atom. The molecule has 0 bridgehead atoms. The van der Waals surface area contributed by atoms with Crippen molar-refractivity contribution in [3.8, 4) is 0 Å². The Morgan fingerprint density at radius 2 is 2.12 bits per heavy atom. The first-order valence-electron chi connectivity index (χ1n) is 7.65. The van der Waals surface area contributed by atoms with Gasteiger partial charge < -0.3 is 9.88 Å². The number of thiophene rings is 1. The topological polar surface area (TPSA) is 59.8 Å². The molecule has 2 heterocycles. The van der Waals surface area contributed by atoms with Crippen LogP contribution in [0.25, 0.3) is 0 Å². The van der Waals surface area contributed by atoms with E-state index in [0.717, 1.165) is 28.6 Å². The molecule has 1 N–H and O–H groups in total. The molecule has 1 aromatic carbocycles. The van der Waals surface area contributed by atoms with Gasteiger partial charge in [-0.3, -0.25) is 4.79 Å². The number of anilines is 1. The number of aromatic nitrogens is 3. The molecule has 5 nitrogen and oxygen atoms in total. The summed E-state index contributed by atoms with van der Waals surface area (Å²) in [5, 5.41) is 13.7. The van der Waals surface area contributed by atoms with Crippen molar-refractivity contribution >= 4 is 34.7 Å². The van der Waals surface area contributed by atoms with Gasteiger partial charge in [0.25, 0.3) is 0 Å². The van der Waals surface area contributed by atoms with Gasteiger partial charge in [-0.1, -0.05) is 6.07 Å². The largest absolute Gasteiger partial charge is 0.326 e. The summed E-state index contributed by atoms with van der Waals surface area (Å²) in [5.74, 6) is 0.0558. The number of benzene rings is 1. The Labute approximate surface area is 149 Å². The highest BCUT2D eigenvalue weighted by Gasteiger charge is 2.06. The van der Waals surface area contributed by atoms with Crippen LogP contribution in [0.4, 0.5) is 5.69 Å². The first kappa shape index (κ1) is 16.7. The first-order valence-corrected chi connectivity index (χ1v) is 9.34. The van der Waals surface area contributed by atoms with Gasteiger partial charge in [-0.25, -0.2) is 0 Å². The molecule has 3 rings (SSSR count). The quantitative estimate of drug-likeness (QED) is 0.694. The van der Waals surface area contributed by atoms with E-state index in [1.165, 1.54) is 16.6 Å². The fourth-order valence-electron chi connectivity index (χ4n) is 2.18. The number of aryl methyl sites for hydroxylation is 2. The van der Waals surface area contributed by atoms with Crippen molar-refractivity contribution in [2.24, 2.45) is 7.05 Å². The number of nitrogens with zero attached hydrogens (tertiary/aromatic N) is 3. The third-order valence-corrected chi connectivity index (χ3v) is 5.42. The van der Waals surface area contributed by atoms with Gasteiger partial charge in [-0.05, 0) is 60.3 Å². The molecular formula is C17H18N4OS2. The molecule has 0 saturated heterocycles. The number of rotatable bonds is 7. The van der Waals surface area contributed by atoms with Gasteiger partial charge >= 0.3 is 0 Å². The normalized spacial score (nSPS) is 10.7. The van der Waals surface area contributed by atoms with Crippen molar-refractivity contribution in [3.63, 3.8) is 0 Å². The Bertz CT molecular complexity index is 781. The van der Waals surface area contributed by atoms with Crippen molar-refractivity contribution in [1.29, 1.82) is 0 Å². The summed E-state index contributed by atoms with van der Waals surface area (Å²) in [6, 6.07) is 11.9. The lowest BCUT2D eigenvalue weighted by molar-refractivity contribution is -0.116. The molecule has 0 unspecified atom stereocenters. The van der Waals surface area contributed by atoms with Crippen molar-refractivity contribution in [3.05, 3.63) is 53.0 Å². The highest BCUT2D eigenvalue weighted by molar-refractivity contribution is 7.99. The molecule has 0 aliphatic heterocycles. The molecule has 0 radical (unpaired) electrons. The molecule has 7 heteroatoms. The minimum atomic E-state index is 0.0558. The lowest BCUT2D eigenvalue weighted by Crippen LogP contribution is -2.11. The number of carbonyl (C=O) groups is 1. The lowest BCUT2D eigenvalue weighted by Gasteiger charge is -2.06. The third kappa shape index (κ3) is 4.69. The number of carbonyl (C=O) groups excluding carboxylic acids is 1. The second kappa shape index (κ2) is 8.12. The van der Waals surface area contributed by atoms with Crippen LogP contribution in [-0.2, 0) is 18.3 Å². The summed E-state index contributed by atoms with van der Waals surface area (Å²) in [4.78, 5) is 14.4. The van der Waals surface area contributed by atoms with Gasteiger partial charge in [-0.2, -0.15) is 0 Å². The minimum Gasteiger partial charge on any atom is -0.326 e. The lowest BCUT2D eigenvalue weighted by atomic mass is 10.2. The Hall–Kier alpha value is -2.12. The van der Waals surface area contributed by atoms with Gasteiger partial charge in [0.2, 0.25) is 5.91 Å². The summed E-state index contributed by atoms with van der Waals surface area (Å²) < 4.78 is 1.87. The van der Waals surface area contributed by atoms with E-state index in [4.69, 9.17) is 0 Å². The number of amides is 1. The number of hydrogen-bond acceptors (Lipinski definition) is 5. The van der Waals surface area contributed by atoms with Crippen LogP contribution in [0, 0.1) is 0 Å². The van der Waals surface area contributed by atoms with E-state index in [1.54, 1.807) is 17.7 Å². The summed E-state index contributed by atoms with van der Waals surface area (Å²) in [6.45, 7) is 0. The van der Waals surface area contributed by atoms with Crippen LogP contribution in [-0.4, -0.2) is 20.7 Å². The molecular weight excluding hydrogens is 340 g/mol. The second-order valence-electron chi connectivity index (χ2n) is 5.33. The zero-order valence-electron chi connectivity index (χ0n) is 13.3. The van der Waals surface area contributed by atoms with E-state index in [-0.39, 0.29) is 5.91 Å². The highest BCUT2D eigenvalue weighted by Crippen LogP contribution is 2.26. The third-order valence-electron chi connectivity index (χ3n) is 3.42. The van der Waals surface area contributed by atoms with Gasteiger partial charge in [0, 0.05) is 28.9 Å². The van der Waals surface area contributed by atoms with E-state index in [2.05, 4.69) is 27.0 Å². The van der Waals surface area contributed by atoms with Crippen LogP contribution in [0.1, 0.15) is 17.7 Å². The van der Waals surface area contributed by atoms with Crippen LogP contribution in [0.5, 0.6) is 0 Å². The SMILES string of the molecule is Cn1cnnc1Sc1ccc(NC(=O)CCCc2cccs2)cc1. The number of hydrogen-bond donors (Lipinski definition) is 1. The van der Waals surface area contributed by atoms with Gasteiger partial charge in [-0.15, -0.1) is 21.5 Å². The average Bonchev–Trinajstić information content (AvgIpc) is 3.22. The van der Waals surface area contributed by atoms with Crippen molar-refractivity contribution in [2.75, 3.05) is 5.32 Å². The molecule has 0 atom stereocenters. The van der Waals surface area contributed by atoms with E-state index in [9.17, 15) is 4.79 Å². The van der Waals surface area contributed by atoms with Crippen molar-refractivity contribution in [1.82, 2.24) is 14.8 Å². The summed E-state index contributed by atoms with van der Waals surface area (Å²) >= 11 is 3.28. The Morgan fingerprint density at radius 3 is 2.79 bits per heavy atom. The maximum atomic E-state index is 12.0. The van der Waals surface area contributed by atoms with Gasteiger partial charge in [0.05, 0.1) is 0 Å². The highest BCUT2D eigenvalue weighted by atomic mass is 32.2. The van der Waals surface area contributed by atoms with Crippen LogP contribution >= 0.6 is 23.1 Å². The summed E-state index contributed by atoms with van der Waals surface area (Å²) in [5.41, 5.74) is 0.818. The molecule has 0 fully saturated rings.